The molecule has 0 amide bonds. The maximum Gasteiger partial charge on any atom is 0.344 e. The summed E-state index contributed by atoms with van der Waals surface area (Å²) in [7, 11) is 0. The van der Waals surface area contributed by atoms with E-state index in [9.17, 15) is 20.0 Å². The fraction of sp³-hybridized carbons (Fsp3) is 0.125. The normalized spacial score (nSPS) is 10.2. The highest BCUT2D eigenvalue weighted by molar-refractivity contribution is 6.39. The zero-order chi connectivity index (χ0) is 12.6. The summed E-state index contributed by atoms with van der Waals surface area (Å²) in [5.41, 5.74) is -1.71. The molecule has 0 aliphatic heterocycles. The van der Waals surface area contributed by atoms with Crippen molar-refractivity contribution in [1.29, 1.82) is 0 Å². The van der Waals surface area contributed by atoms with E-state index in [-0.39, 0.29) is 15.6 Å². The quantitative estimate of drug-likeness (QED) is 0.632. The van der Waals surface area contributed by atoms with Crippen molar-refractivity contribution in [3.05, 3.63) is 31.3 Å². The lowest BCUT2D eigenvalue weighted by molar-refractivity contribution is -0.386. The van der Waals surface area contributed by atoms with Gasteiger partial charge in [-0.3, -0.25) is 10.1 Å². The van der Waals surface area contributed by atoms with Crippen LogP contribution in [0.3, 0.4) is 0 Å². The maximum absolute atomic E-state index is 10.8. The highest BCUT2D eigenvalue weighted by atomic mass is 35.5. The smallest absolute Gasteiger partial charge is 0.344 e. The molecule has 0 radical (unpaired) electrons. The SMILES string of the molecule is Cc1c(Cl)c(O)c([N+](=O)[O-])c(C(=O)O)c1Cl. The number of halogens is 2. The molecular formula is C8H5Cl2NO5. The number of nitro benzene ring substituents is 1. The van der Waals surface area contributed by atoms with Crippen LogP contribution in [0.15, 0.2) is 0 Å². The maximum atomic E-state index is 10.8. The fourth-order valence-corrected chi connectivity index (χ4v) is 1.66. The van der Waals surface area contributed by atoms with Crippen molar-refractivity contribution in [2.45, 2.75) is 6.92 Å². The predicted octanol–water partition coefficient (Wildman–Crippen LogP) is 2.61. The number of aromatic carboxylic acids is 1. The lowest BCUT2D eigenvalue weighted by atomic mass is 10.1. The molecule has 1 aromatic rings. The van der Waals surface area contributed by atoms with Gasteiger partial charge in [0.05, 0.1) is 15.0 Å². The van der Waals surface area contributed by atoms with Crippen molar-refractivity contribution in [3.63, 3.8) is 0 Å². The van der Waals surface area contributed by atoms with E-state index < -0.39 is 27.9 Å². The van der Waals surface area contributed by atoms with Crippen molar-refractivity contribution in [3.8, 4) is 5.75 Å². The summed E-state index contributed by atoms with van der Waals surface area (Å²) >= 11 is 11.2. The first-order chi connectivity index (χ1) is 7.29. The van der Waals surface area contributed by atoms with Crippen LogP contribution in [0.4, 0.5) is 5.69 Å². The molecule has 0 bridgehead atoms. The second kappa shape index (κ2) is 4.15. The summed E-state index contributed by atoms with van der Waals surface area (Å²) < 4.78 is 0. The van der Waals surface area contributed by atoms with Gasteiger partial charge in [0.1, 0.15) is 0 Å². The molecule has 0 saturated carbocycles. The van der Waals surface area contributed by atoms with Crippen LogP contribution in [0.5, 0.6) is 5.75 Å². The average Bonchev–Trinajstić information content (AvgIpc) is 2.18. The van der Waals surface area contributed by atoms with E-state index in [0.29, 0.717) is 0 Å². The number of phenolic OH excluding ortho intramolecular Hbond substituents is 1. The highest BCUT2D eigenvalue weighted by Crippen LogP contribution is 2.43. The minimum absolute atomic E-state index is 0.0730. The number of carboxylic acids is 1. The number of benzene rings is 1. The Hall–Kier alpha value is -1.53. The first-order valence-electron chi connectivity index (χ1n) is 3.87. The molecule has 0 spiro atoms. The van der Waals surface area contributed by atoms with Crippen LogP contribution >= 0.6 is 23.2 Å². The second-order valence-corrected chi connectivity index (χ2v) is 3.64. The monoisotopic (exact) mass is 265 g/mol. The van der Waals surface area contributed by atoms with E-state index >= 15 is 0 Å². The van der Waals surface area contributed by atoms with Crippen molar-refractivity contribution in [2.75, 3.05) is 0 Å². The van der Waals surface area contributed by atoms with Gasteiger partial charge in [0.25, 0.3) is 0 Å². The summed E-state index contributed by atoms with van der Waals surface area (Å²) in [5.74, 6) is -2.50. The summed E-state index contributed by atoms with van der Waals surface area (Å²) in [6.45, 7) is 1.35. The number of nitrogens with zero attached hydrogens (tertiary/aromatic N) is 1. The first-order valence-corrected chi connectivity index (χ1v) is 4.62. The number of carboxylic acid groups (broad SMARTS) is 1. The Morgan fingerprint density at radius 1 is 1.38 bits per heavy atom. The van der Waals surface area contributed by atoms with Crippen molar-refractivity contribution >= 4 is 34.9 Å². The van der Waals surface area contributed by atoms with Crippen LogP contribution in [-0.2, 0) is 0 Å². The van der Waals surface area contributed by atoms with Crippen LogP contribution in [-0.4, -0.2) is 21.1 Å². The number of rotatable bonds is 2. The third kappa shape index (κ3) is 1.77. The minimum atomic E-state index is -1.60. The Bertz CT molecular complexity index is 455. The largest absolute Gasteiger partial charge is 0.501 e. The first kappa shape index (κ1) is 12.5. The molecule has 0 aliphatic carbocycles. The Morgan fingerprint density at radius 3 is 2.25 bits per heavy atom. The highest BCUT2D eigenvalue weighted by Gasteiger charge is 2.32. The van der Waals surface area contributed by atoms with Crippen molar-refractivity contribution in [1.82, 2.24) is 0 Å². The standard InChI is InChI=1S/C8H5Cl2NO5/c1-2-4(9)3(8(13)14)6(11(15)16)7(12)5(2)10/h12H,1H3,(H,13,14). The lowest BCUT2D eigenvalue weighted by Crippen LogP contribution is -2.05. The van der Waals surface area contributed by atoms with Gasteiger partial charge >= 0.3 is 11.7 Å². The molecule has 6 nitrogen and oxygen atoms in total. The number of carbonyl (C=O) groups is 1. The van der Waals surface area contributed by atoms with Gasteiger partial charge in [-0.15, -0.1) is 0 Å². The molecule has 0 aliphatic rings. The number of hydrogen-bond donors (Lipinski definition) is 2. The van der Waals surface area contributed by atoms with Gasteiger partial charge in [0.2, 0.25) is 5.75 Å². The van der Waals surface area contributed by atoms with E-state index in [2.05, 4.69) is 0 Å². The summed E-state index contributed by atoms with van der Waals surface area (Å²) in [4.78, 5) is 20.4. The molecule has 16 heavy (non-hydrogen) atoms. The molecule has 1 aromatic carbocycles. The number of aromatic hydroxyl groups is 1. The van der Waals surface area contributed by atoms with E-state index in [1.54, 1.807) is 0 Å². The Balaban J connectivity index is 3.83. The van der Waals surface area contributed by atoms with Gasteiger partial charge in [0, 0.05) is 0 Å². The molecule has 0 heterocycles. The van der Waals surface area contributed by atoms with Gasteiger partial charge in [-0.25, -0.2) is 4.79 Å². The third-order valence-electron chi connectivity index (χ3n) is 1.94. The molecule has 8 heteroatoms. The average molecular weight is 266 g/mol. The topological polar surface area (TPSA) is 101 Å². The summed E-state index contributed by atoms with van der Waals surface area (Å²) in [6.07, 6.45) is 0. The van der Waals surface area contributed by atoms with Crippen LogP contribution in [0.2, 0.25) is 10.0 Å². The molecular weight excluding hydrogens is 261 g/mol. The van der Waals surface area contributed by atoms with Crippen molar-refractivity contribution in [2.24, 2.45) is 0 Å². The van der Waals surface area contributed by atoms with E-state index in [1.807, 2.05) is 0 Å². The number of hydrogen-bond acceptors (Lipinski definition) is 4. The van der Waals surface area contributed by atoms with Crippen LogP contribution in [0.25, 0.3) is 0 Å². The molecule has 2 N–H and O–H groups in total. The van der Waals surface area contributed by atoms with Crippen LogP contribution in [0.1, 0.15) is 15.9 Å². The Kier molecular flexibility index (Phi) is 3.25. The van der Waals surface area contributed by atoms with Gasteiger partial charge in [-0.2, -0.15) is 0 Å². The molecule has 86 valence electrons. The summed E-state index contributed by atoms with van der Waals surface area (Å²) in [6, 6.07) is 0. The molecule has 0 saturated heterocycles. The minimum Gasteiger partial charge on any atom is -0.501 e. The van der Waals surface area contributed by atoms with Gasteiger partial charge in [-0.1, -0.05) is 23.2 Å². The van der Waals surface area contributed by atoms with Gasteiger partial charge < -0.3 is 10.2 Å². The number of phenols is 1. The molecule has 0 fully saturated rings. The fourth-order valence-electron chi connectivity index (χ4n) is 1.16. The zero-order valence-corrected chi connectivity index (χ0v) is 9.33. The molecule has 0 aromatic heterocycles. The Morgan fingerprint density at radius 2 is 1.88 bits per heavy atom. The number of nitro groups is 1. The van der Waals surface area contributed by atoms with Crippen LogP contribution in [0, 0.1) is 17.0 Å². The summed E-state index contributed by atoms with van der Waals surface area (Å²) in [5, 5.41) is 28.1. The van der Waals surface area contributed by atoms with E-state index in [0.717, 1.165) is 0 Å². The van der Waals surface area contributed by atoms with Crippen molar-refractivity contribution < 1.29 is 19.9 Å². The van der Waals surface area contributed by atoms with E-state index in [1.165, 1.54) is 6.92 Å². The second-order valence-electron chi connectivity index (χ2n) is 2.89. The van der Waals surface area contributed by atoms with Gasteiger partial charge in [-0.05, 0) is 12.5 Å². The molecule has 0 unspecified atom stereocenters. The third-order valence-corrected chi connectivity index (χ3v) is 2.88. The van der Waals surface area contributed by atoms with E-state index in [4.69, 9.17) is 28.3 Å². The van der Waals surface area contributed by atoms with Gasteiger partial charge in [0.15, 0.2) is 5.56 Å². The predicted molar refractivity (Wildman–Crippen MR) is 56.5 cm³/mol. The Labute approximate surface area is 99.2 Å². The van der Waals surface area contributed by atoms with Crippen LogP contribution < -0.4 is 0 Å². The molecule has 0 atom stereocenters. The lowest BCUT2D eigenvalue weighted by Gasteiger charge is -2.08. The molecule has 1 rings (SSSR count). The zero-order valence-electron chi connectivity index (χ0n) is 7.82.